The van der Waals surface area contributed by atoms with Crippen molar-refractivity contribution in [2.24, 2.45) is 0 Å². The summed E-state index contributed by atoms with van der Waals surface area (Å²) in [4.78, 5) is 2.41. The van der Waals surface area contributed by atoms with Crippen LogP contribution in [0.15, 0.2) is 18.2 Å². The van der Waals surface area contributed by atoms with Gasteiger partial charge in [-0.25, -0.2) is 0 Å². The van der Waals surface area contributed by atoms with Crippen LogP contribution < -0.4 is 10.5 Å². The second kappa shape index (κ2) is 7.50. The Morgan fingerprint density at radius 3 is 2.75 bits per heavy atom. The highest BCUT2D eigenvalue weighted by Crippen LogP contribution is 2.27. The molecule has 1 atom stereocenters. The molecule has 1 aromatic rings. The van der Waals surface area contributed by atoms with Crippen molar-refractivity contribution < 1.29 is 9.84 Å². The Balaban J connectivity index is 1.88. The number of nitrogens with two attached hydrogens (primary N) is 1. The first-order chi connectivity index (χ1) is 9.70. The number of likely N-dealkylation sites (tertiary alicyclic amines) is 1. The number of nitrogen functional groups attached to an aromatic ring is 1. The van der Waals surface area contributed by atoms with Gasteiger partial charge in [0.05, 0.1) is 18.4 Å². The van der Waals surface area contributed by atoms with Crippen molar-refractivity contribution in [3.05, 3.63) is 23.8 Å². The predicted octanol–water partition coefficient (Wildman–Crippen LogP) is 2.58. The molecule has 1 fully saturated rings. The van der Waals surface area contributed by atoms with Gasteiger partial charge in [0.25, 0.3) is 0 Å². The van der Waals surface area contributed by atoms with E-state index in [0.29, 0.717) is 18.0 Å². The average molecular weight is 278 g/mol. The van der Waals surface area contributed by atoms with E-state index in [1.54, 1.807) is 0 Å². The van der Waals surface area contributed by atoms with Crippen molar-refractivity contribution in [2.45, 2.75) is 38.7 Å². The predicted molar refractivity (Wildman–Crippen MR) is 81.9 cm³/mol. The maximum atomic E-state index is 10.2. The first-order valence-corrected chi connectivity index (χ1v) is 7.63. The summed E-state index contributed by atoms with van der Waals surface area (Å²) in [6.45, 7) is 6.01. The van der Waals surface area contributed by atoms with E-state index in [9.17, 15) is 5.11 Å². The SMILES string of the molecule is CCCOc1ccc(C(O)CCN2CCCC2)cc1N. The summed E-state index contributed by atoms with van der Waals surface area (Å²) in [6, 6.07) is 5.61. The van der Waals surface area contributed by atoms with E-state index in [4.69, 9.17) is 10.5 Å². The number of hydrogen-bond acceptors (Lipinski definition) is 4. The van der Waals surface area contributed by atoms with E-state index in [1.165, 1.54) is 25.9 Å². The van der Waals surface area contributed by atoms with Crippen LogP contribution in [0.25, 0.3) is 0 Å². The zero-order chi connectivity index (χ0) is 14.4. The van der Waals surface area contributed by atoms with E-state index in [-0.39, 0.29) is 0 Å². The molecule has 1 aromatic carbocycles. The van der Waals surface area contributed by atoms with E-state index in [2.05, 4.69) is 11.8 Å². The number of hydrogen-bond donors (Lipinski definition) is 2. The van der Waals surface area contributed by atoms with Gasteiger partial charge in [-0.3, -0.25) is 0 Å². The second-order valence-corrected chi connectivity index (χ2v) is 5.50. The molecule has 1 saturated heterocycles. The molecule has 3 N–H and O–H groups in total. The van der Waals surface area contributed by atoms with E-state index < -0.39 is 6.10 Å². The third-order valence-electron chi connectivity index (χ3n) is 3.80. The van der Waals surface area contributed by atoms with Gasteiger partial charge in [0.15, 0.2) is 0 Å². The standard InChI is InChI=1S/C16H26N2O2/c1-2-11-20-16-6-5-13(12-14(16)17)15(19)7-10-18-8-3-4-9-18/h5-6,12,15,19H,2-4,7-11,17H2,1H3. The zero-order valence-electron chi connectivity index (χ0n) is 12.3. The highest BCUT2D eigenvalue weighted by Gasteiger charge is 2.15. The molecule has 0 spiro atoms. The third kappa shape index (κ3) is 4.12. The quantitative estimate of drug-likeness (QED) is 0.753. The molecule has 0 radical (unpaired) electrons. The smallest absolute Gasteiger partial charge is 0.142 e. The lowest BCUT2D eigenvalue weighted by atomic mass is 10.1. The van der Waals surface area contributed by atoms with Gasteiger partial charge >= 0.3 is 0 Å². The fraction of sp³-hybridized carbons (Fsp3) is 0.625. The number of nitrogens with zero attached hydrogens (tertiary/aromatic N) is 1. The maximum Gasteiger partial charge on any atom is 0.142 e. The first kappa shape index (κ1) is 15.1. The minimum Gasteiger partial charge on any atom is -0.491 e. The largest absolute Gasteiger partial charge is 0.491 e. The van der Waals surface area contributed by atoms with E-state index >= 15 is 0 Å². The summed E-state index contributed by atoms with van der Waals surface area (Å²) >= 11 is 0. The summed E-state index contributed by atoms with van der Waals surface area (Å²) in [6.07, 6.45) is 3.84. The fourth-order valence-corrected chi connectivity index (χ4v) is 2.60. The molecule has 0 aliphatic carbocycles. The third-order valence-corrected chi connectivity index (χ3v) is 3.80. The lowest BCUT2D eigenvalue weighted by molar-refractivity contribution is 0.149. The Morgan fingerprint density at radius 2 is 2.10 bits per heavy atom. The molecule has 1 aliphatic heterocycles. The number of rotatable bonds is 7. The number of anilines is 1. The van der Waals surface area contributed by atoms with E-state index in [1.807, 2.05) is 18.2 Å². The van der Waals surface area contributed by atoms with Crippen LogP contribution in [0.2, 0.25) is 0 Å². The second-order valence-electron chi connectivity index (χ2n) is 5.50. The van der Waals surface area contributed by atoms with E-state index in [0.717, 1.165) is 24.9 Å². The van der Waals surface area contributed by atoms with Gasteiger partial charge in [0.2, 0.25) is 0 Å². The van der Waals surface area contributed by atoms with Gasteiger partial charge in [-0.2, -0.15) is 0 Å². The summed E-state index contributed by atoms with van der Waals surface area (Å²) in [7, 11) is 0. The Morgan fingerprint density at radius 1 is 1.35 bits per heavy atom. The lowest BCUT2D eigenvalue weighted by Crippen LogP contribution is -2.22. The van der Waals surface area contributed by atoms with Crippen LogP contribution in [0.4, 0.5) is 5.69 Å². The zero-order valence-corrected chi connectivity index (χ0v) is 12.3. The fourth-order valence-electron chi connectivity index (χ4n) is 2.60. The van der Waals surface area contributed by atoms with Gasteiger partial charge < -0.3 is 20.5 Å². The lowest BCUT2D eigenvalue weighted by Gasteiger charge is -2.18. The Kier molecular flexibility index (Phi) is 5.68. The van der Waals surface area contributed by atoms with Crippen molar-refractivity contribution >= 4 is 5.69 Å². The van der Waals surface area contributed by atoms with Crippen LogP contribution in [0.3, 0.4) is 0 Å². The van der Waals surface area contributed by atoms with Crippen molar-refractivity contribution in [1.82, 2.24) is 4.90 Å². The minimum absolute atomic E-state index is 0.446. The molecule has 0 bridgehead atoms. The molecular weight excluding hydrogens is 252 g/mol. The number of aliphatic hydroxyl groups excluding tert-OH is 1. The molecule has 1 heterocycles. The number of ether oxygens (including phenoxy) is 1. The summed E-state index contributed by atoms with van der Waals surface area (Å²) in [5.41, 5.74) is 7.46. The molecule has 20 heavy (non-hydrogen) atoms. The number of aliphatic hydroxyl groups is 1. The van der Waals surface area contributed by atoms with Gasteiger partial charge in [-0.1, -0.05) is 13.0 Å². The van der Waals surface area contributed by atoms with Crippen molar-refractivity contribution in [1.29, 1.82) is 0 Å². The van der Waals surface area contributed by atoms with Gasteiger partial charge in [0, 0.05) is 6.54 Å². The molecule has 112 valence electrons. The van der Waals surface area contributed by atoms with Crippen LogP contribution in [0, 0.1) is 0 Å². The van der Waals surface area contributed by atoms with Gasteiger partial charge in [0.1, 0.15) is 5.75 Å². The number of benzene rings is 1. The van der Waals surface area contributed by atoms with Crippen molar-refractivity contribution in [3.63, 3.8) is 0 Å². The van der Waals surface area contributed by atoms with Crippen LogP contribution in [0.5, 0.6) is 5.75 Å². The Labute approximate surface area is 121 Å². The van der Waals surface area contributed by atoms with Crippen LogP contribution in [-0.2, 0) is 0 Å². The average Bonchev–Trinajstić information content (AvgIpc) is 2.96. The van der Waals surface area contributed by atoms with Crippen LogP contribution in [-0.4, -0.2) is 36.2 Å². The van der Waals surface area contributed by atoms with Crippen molar-refractivity contribution in [2.75, 3.05) is 32.0 Å². The maximum absolute atomic E-state index is 10.2. The highest BCUT2D eigenvalue weighted by molar-refractivity contribution is 5.54. The Bertz CT molecular complexity index is 417. The molecule has 2 rings (SSSR count). The molecule has 0 amide bonds. The summed E-state index contributed by atoms with van der Waals surface area (Å²) in [5, 5.41) is 10.2. The molecule has 1 unspecified atom stereocenters. The van der Waals surface area contributed by atoms with Crippen LogP contribution >= 0.6 is 0 Å². The minimum atomic E-state index is -0.446. The Hall–Kier alpha value is -1.26. The topological polar surface area (TPSA) is 58.7 Å². The highest BCUT2D eigenvalue weighted by atomic mass is 16.5. The van der Waals surface area contributed by atoms with Crippen molar-refractivity contribution in [3.8, 4) is 5.75 Å². The van der Waals surface area contributed by atoms with Crippen LogP contribution in [0.1, 0.15) is 44.3 Å². The molecule has 4 nitrogen and oxygen atoms in total. The monoisotopic (exact) mass is 278 g/mol. The summed E-state index contributed by atoms with van der Waals surface area (Å²) in [5.74, 6) is 0.711. The molecule has 4 heteroatoms. The molecule has 0 aromatic heterocycles. The van der Waals surface area contributed by atoms with Gasteiger partial charge in [-0.05, 0) is 56.5 Å². The first-order valence-electron chi connectivity index (χ1n) is 7.63. The van der Waals surface area contributed by atoms with Gasteiger partial charge in [-0.15, -0.1) is 0 Å². The molecule has 0 saturated carbocycles. The summed E-state index contributed by atoms with van der Waals surface area (Å²) < 4.78 is 5.55. The molecular formula is C16H26N2O2. The normalized spacial score (nSPS) is 17.3. The molecule has 1 aliphatic rings.